The largest absolute Gasteiger partial charge is 0.480 e. The zero-order chi connectivity index (χ0) is 15.6. The molecule has 0 fully saturated rings. The first-order valence-electron chi connectivity index (χ1n) is 6.05. The van der Waals surface area contributed by atoms with Crippen molar-refractivity contribution in [2.45, 2.75) is 12.2 Å². The molecule has 21 heavy (non-hydrogen) atoms. The topological polar surface area (TPSA) is 63.3 Å². The highest BCUT2D eigenvalue weighted by molar-refractivity contribution is 5.76. The number of carboxylic acids is 1. The highest BCUT2D eigenvalue weighted by Crippen LogP contribution is 2.31. The van der Waals surface area contributed by atoms with Crippen molar-refractivity contribution in [3.63, 3.8) is 0 Å². The Morgan fingerprint density at radius 2 is 1.67 bits per heavy atom. The van der Waals surface area contributed by atoms with Crippen molar-refractivity contribution in [2.75, 3.05) is 0 Å². The molecule has 3 N–H and O–H groups in total. The quantitative estimate of drug-likeness (QED) is 0.911. The van der Waals surface area contributed by atoms with Gasteiger partial charge >= 0.3 is 12.1 Å². The van der Waals surface area contributed by atoms with E-state index in [0.29, 0.717) is 16.7 Å². The van der Waals surface area contributed by atoms with Gasteiger partial charge in [-0.05, 0) is 34.9 Å². The highest BCUT2D eigenvalue weighted by atomic mass is 19.4. The molecule has 0 spiro atoms. The van der Waals surface area contributed by atoms with Crippen LogP contribution in [0.1, 0.15) is 17.2 Å². The van der Waals surface area contributed by atoms with Gasteiger partial charge in [-0.2, -0.15) is 13.2 Å². The molecule has 0 bridgehead atoms. The molecular formula is C15H12F3NO2. The lowest BCUT2D eigenvalue weighted by Gasteiger charge is -2.10. The lowest BCUT2D eigenvalue weighted by atomic mass is 9.99. The van der Waals surface area contributed by atoms with Gasteiger partial charge < -0.3 is 10.8 Å². The average Bonchev–Trinajstić information content (AvgIpc) is 2.46. The van der Waals surface area contributed by atoms with E-state index < -0.39 is 23.8 Å². The summed E-state index contributed by atoms with van der Waals surface area (Å²) in [7, 11) is 0. The number of halogens is 3. The van der Waals surface area contributed by atoms with Gasteiger partial charge in [0, 0.05) is 0 Å². The predicted molar refractivity (Wildman–Crippen MR) is 71.4 cm³/mol. The van der Waals surface area contributed by atoms with Gasteiger partial charge in [0.05, 0.1) is 5.56 Å². The van der Waals surface area contributed by atoms with E-state index in [4.69, 9.17) is 10.8 Å². The standard InChI is InChI=1S/C15H12F3NO2/c16-15(17,18)12-6-4-9(5-7-12)10-2-1-3-11(8-10)13(19)14(20)21/h1-8,13H,19H2,(H,20,21). The third-order valence-corrected chi connectivity index (χ3v) is 3.06. The predicted octanol–water partition coefficient (Wildman–Crippen LogP) is 3.46. The normalized spacial score (nSPS) is 13.0. The zero-order valence-electron chi connectivity index (χ0n) is 10.8. The van der Waals surface area contributed by atoms with Gasteiger partial charge in [-0.3, -0.25) is 4.79 Å². The van der Waals surface area contributed by atoms with E-state index in [0.717, 1.165) is 12.1 Å². The summed E-state index contributed by atoms with van der Waals surface area (Å²) in [6.07, 6.45) is -4.38. The number of alkyl halides is 3. The smallest absolute Gasteiger partial charge is 0.416 e. The fourth-order valence-corrected chi connectivity index (χ4v) is 1.91. The Labute approximate surface area is 118 Å². The van der Waals surface area contributed by atoms with Crippen molar-refractivity contribution in [3.05, 3.63) is 59.7 Å². The Morgan fingerprint density at radius 1 is 1.05 bits per heavy atom. The Morgan fingerprint density at radius 3 is 2.19 bits per heavy atom. The molecule has 0 radical (unpaired) electrons. The number of hydrogen-bond acceptors (Lipinski definition) is 2. The van der Waals surface area contributed by atoms with Crippen LogP contribution in [-0.4, -0.2) is 11.1 Å². The summed E-state index contributed by atoms with van der Waals surface area (Å²) in [5.41, 5.74) is 6.34. The number of aliphatic carboxylic acids is 1. The van der Waals surface area contributed by atoms with Crippen molar-refractivity contribution >= 4 is 5.97 Å². The third-order valence-electron chi connectivity index (χ3n) is 3.06. The maximum atomic E-state index is 12.5. The molecule has 2 aromatic carbocycles. The van der Waals surface area contributed by atoms with Gasteiger partial charge in [-0.1, -0.05) is 30.3 Å². The highest BCUT2D eigenvalue weighted by Gasteiger charge is 2.29. The van der Waals surface area contributed by atoms with Gasteiger partial charge in [0.25, 0.3) is 0 Å². The molecule has 0 saturated carbocycles. The number of benzene rings is 2. The number of hydrogen-bond donors (Lipinski definition) is 2. The van der Waals surface area contributed by atoms with E-state index in [1.165, 1.54) is 12.1 Å². The molecule has 1 unspecified atom stereocenters. The first-order valence-corrected chi connectivity index (χ1v) is 6.05. The lowest BCUT2D eigenvalue weighted by Crippen LogP contribution is -2.20. The number of rotatable bonds is 3. The molecule has 3 nitrogen and oxygen atoms in total. The first-order chi connectivity index (χ1) is 9.79. The SMILES string of the molecule is NC(C(=O)O)c1cccc(-c2ccc(C(F)(F)F)cc2)c1. The minimum Gasteiger partial charge on any atom is -0.480 e. The molecule has 6 heteroatoms. The van der Waals surface area contributed by atoms with Crippen molar-refractivity contribution in [2.24, 2.45) is 5.73 Å². The molecule has 1 atom stereocenters. The third kappa shape index (κ3) is 3.41. The minimum absolute atomic E-state index is 0.389. The fourth-order valence-electron chi connectivity index (χ4n) is 1.91. The van der Waals surface area contributed by atoms with E-state index >= 15 is 0 Å². The second kappa shape index (κ2) is 5.57. The van der Waals surface area contributed by atoms with Crippen LogP contribution in [0, 0.1) is 0 Å². The summed E-state index contributed by atoms with van der Waals surface area (Å²) in [6.45, 7) is 0. The Balaban J connectivity index is 2.34. The summed E-state index contributed by atoms with van der Waals surface area (Å²) in [5.74, 6) is -1.17. The molecule has 0 aromatic heterocycles. The Hall–Kier alpha value is -2.34. The molecule has 0 aliphatic rings. The van der Waals surface area contributed by atoms with E-state index in [9.17, 15) is 18.0 Å². The van der Waals surface area contributed by atoms with Crippen molar-refractivity contribution in [1.82, 2.24) is 0 Å². The molecular weight excluding hydrogens is 283 g/mol. The minimum atomic E-state index is -4.38. The average molecular weight is 295 g/mol. The van der Waals surface area contributed by atoms with Crippen molar-refractivity contribution in [1.29, 1.82) is 0 Å². The lowest BCUT2D eigenvalue weighted by molar-refractivity contribution is -0.139. The van der Waals surface area contributed by atoms with E-state index in [1.807, 2.05) is 0 Å². The van der Waals surface area contributed by atoms with Crippen molar-refractivity contribution in [3.8, 4) is 11.1 Å². The Kier molecular flexibility index (Phi) is 3.99. The molecule has 110 valence electrons. The van der Waals surface area contributed by atoms with Crippen LogP contribution < -0.4 is 5.73 Å². The van der Waals surface area contributed by atoms with Gasteiger partial charge in [-0.15, -0.1) is 0 Å². The van der Waals surface area contributed by atoms with Gasteiger partial charge in [-0.25, -0.2) is 0 Å². The summed E-state index contributed by atoms with van der Waals surface area (Å²) in [6, 6.07) is 9.90. The number of carboxylic acid groups (broad SMARTS) is 1. The summed E-state index contributed by atoms with van der Waals surface area (Å²) in [5, 5.41) is 8.87. The monoisotopic (exact) mass is 295 g/mol. The van der Waals surface area contributed by atoms with Gasteiger partial charge in [0.2, 0.25) is 0 Å². The van der Waals surface area contributed by atoms with Crippen LogP contribution >= 0.6 is 0 Å². The van der Waals surface area contributed by atoms with Crippen LogP contribution in [0.3, 0.4) is 0 Å². The summed E-state index contributed by atoms with van der Waals surface area (Å²) in [4.78, 5) is 10.9. The number of nitrogens with two attached hydrogens (primary N) is 1. The van der Waals surface area contributed by atoms with E-state index in [1.54, 1.807) is 24.3 Å². The van der Waals surface area contributed by atoms with Crippen LogP contribution in [-0.2, 0) is 11.0 Å². The fraction of sp³-hybridized carbons (Fsp3) is 0.133. The zero-order valence-corrected chi connectivity index (χ0v) is 10.8. The first kappa shape index (κ1) is 15.1. The molecule has 0 amide bonds. The van der Waals surface area contributed by atoms with Crippen LogP contribution in [0.2, 0.25) is 0 Å². The molecule has 2 aromatic rings. The molecule has 2 rings (SSSR count). The van der Waals surface area contributed by atoms with Crippen molar-refractivity contribution < 1.29 is 23.1 Å². The van der Waals surface area contributed by atoms with E-state index in [2.05, 4.69) is 0 Å². The molecule has 0 aliphatic carbocycles. The van der Waals surface area contributed by atoms with Crippen LogP contribution in [0.25, 0.3) is 11.1 Å². The van der Waals surface area contributed by atoms with Crippen LogP contribution in [0.5, 0.6) is 0 Å². The van der Waals surface area contributed by atoms with Crippen LogP contribution in [0.15, 0.2) is 48.5 Å². The summed E-state index contributed by atoms with van der Waals surface area (Å²) >= 11 is 0. The van der Waals surface area contributed by atoms with Gasteiger partial charge in [0.15, 0.2) is 0 Å². The van der Waals surface area contributed by atoms with E-state index in [-0.39, 0.29) is 0 Å². The maximum Gasteiger partial charge on any atom is 0.416 e. The molecule has 0 aliphatic heterocycles. The van der Waals surface area contributed by atoms with Gasteiger partial charge in [0.1, 0.15) is 6.04 Å². The Bertz CT molecular complexity index is 651. The second-order valence-electron chi connectivity index (χ2n) is 4.52. The molecule has 0 saturated heterocycles. The number of carbonyl (C=O) groups is 1. The maximum absolute atomic E-state index is 12.5. The van der Waals surface area contributed by atoms with Crippen LogP contribution in [0.4, 0.5) is 13.2 Å². The molecule has 0 heterocycles. The summed E-state index contributed by atoms with van der Waals surface area (Å²) < 4.78 is 37.5. The second-order valence-corrected chi connectivity index (χ2v) is 4.52.